The molecule has 1 heterocycles. The van der Waals surface area contributed by atoms with Crippen LogP contribution >= 0.6 is 11.6 Å². The lowest BCUT2D eigenvalue weighted by Crippen LogP contribution is -2.41. The summed E-state index contributed by atoms with van der Waals surface area (Å²) in [6.45, 7) is 4.12. The first kappa shape index (κ1) is 18.5. The van der Waals surface area contributed by atoms with Crippen LogP contribution in [0.4, 0.5) is 0 Å². The van der Waals surface area contributed by atoms with Crippen LogP contribution in [0.5, 0.6) is 0 Å². The number of carbonyl (C=O) groups is 2. The zero-order valence-corrected chi connectivity index (χ0v) is 15.8. The van der Waals surface area contributed by atoms with E-state index >= 15 is 0 Å². The fourth-order valence-corrected chi connectivity index (χ4v) is 3.93. The third-order valence-corrected chi connectivity index (χ3v) is 5.29. The Kier molecular flexibility index (Phi) is 5.62. The molecule has 2 atom stereocenters. The molecule has 1 aliphatic rings. The summed E-state index contributed by atoms with van der Waals surface area (Å²) in [4.78, 5) is 26.6. The number of rotatable bonds is 4. The zero-order chi connectivity index (χ0) is 18.7. The molecule has 2 amide bonds. The van der Waals surface area contributed by atoms with Crippen LogP contribution in [0.1, 0.15) is 49.0 Å². The van der Waals surface area contributed by atoms with E-state index in [4.69, 9.17) is 11.6 Å². The topological polar surface area (TPSA) is 49.4 Å². The highest BCUT2D eigenvalue weighted by Gasteiger charge is 2.30. The van der Waals surface area contributed by atoms with Crippen LogP contribution in [0, 0.1) is 0 Å². The van der Waals surface area contributed by atoms with E-state index in [0.29, 0.717) is 11.6 Å². The van der Waals surface area contributed by atoms with Crippen LogP contribution in [-0.2, 0) is 16.0 Å². The standard InChI is InChI=1S/C21H23ClN2O2/c1-14(17-8-5-6-10-19(17)22)23-21(26)13-20-18-9-4-3-7-16(18)11-12-24(20)15(2)25/h3-10,14,20H,11-13H2,1-2H3,(H,23,26). The molecule has 0 aromatic heterocycles. The van der Waals surface area contributed by atoms with Gasteiger partial charge in [0.1, 0.15) is 0 Å². The molecule has 26 heavy (non-hydrogen) atoms. The summed E-state index contributed by atoms with van der Waals surface area (Å²) in [5.74, 6) is -0.0955. The van der Waals surface area contributed by atoms with Gasteiger partial charge >= 0.3 is 0 Å². The molecule has 2 aromatic carbocycles. The van der Waals surface area contributed by atoms with E-state index in [9.17, 15) is 9.59 Å². The number of benzene rings is 2. The summed E-state index contributed by atoms with van der Waals surface area (Å²) in [5.41, 5.74) is 3.16. The third kappa shape index (κ3) is 3.91. The van der Waals surface area contributed by atoms with E-state index in [1.807, 2.05) is 49.4 Å². The van der Waals surface area contributed by atoms with Crippen molar-refractivity contribution in [3.8, 4) is 0 Å². The summed E-state index contributed by atoms with van der Waals surface area (Å²) >= 11 is 6.22. The van der Waals surface area contributed by atoms with Gasteiger partial charge in [0.25, 0.3) is 0 Å². The van der Waals surface area contributed by atoms with E-state index in [1.54, 1.807) is 11.8 Å². The van der Waals surface area contributed by atoms with Crippen LogP contribution in [-0.4, -0.2) is 23.3 Å². The molecule has 2 aromatic rings. The van der Waals surface area contributed by atoms with Crippen LogP contribution in [0.15, 0.2) is 48.5 Å². The Balaban J connectivity index is 1.76. The van der Waals surface area contributed by atoms with Crippen molar-refractivity contribution in [2.75, 3.05) is 6.54 Å². The number of nitrogens with one attached hydrogen (secondary N) is 1. The quantitative estimate of drug-likeness (QED) is 0.882. The zero-order valence-electron chi connectivity index (χ0n) is 15.0. The number of hydrogen-bond donors (Lipinski definition) is 1. The molecular formula is C21H23ClN2O2. The second-order valence-corrected chi connectivity index (χ2v) is 7.10. The lowest BCUT2D eigenvalue weighted by molar-refractivity contribution is -0.133. The highest BCUT2D eigenvalue weighted by Crippen LogP contribution is 2.32. The number of hydrogen-bond acceptors (Lipinski definition) is 2. The van der Waals surface area contributed by atoms with E-state index in [0.717, 1.165) is 17.5 Å². The number of fused-ring (bicyclic) bond motifs is 1. The van der Waals surface area contributed by atoms with Gasteiger partial charge in [-0.1, -0.05) is 54.1 Å². The average Bonchev–Trinajstić information content (AvgIpc) is 2.62. The summed E-state index contributed by atoms with van der Waals surface area (Å²) < 4.78 is 0. The van der Waals surface area contributed by atoms with Crippen molar-refractivity contribution in [1.82, 2.24) is 10.2 Å². The highest BCUT2D eigenvalue weighted by molar-refractivity contribution is 6.31. The van der Waals surface area contributed by atoms with E-state index in [1.165, 1.54) is 5.56 Å². The molecule has 136 valence electrons. The molecular weight excluding hydrogens is 348 g/mol. The molecule has 0 spiro atoms. The molecule has 0 saturated heterocycles. The van der Waals surface area contributed by atoms with Crippen LogP contribution in [0.25, 0.3) is 0 Å². The first-order valence-electron chi connectivity index (χ1n) is 8.86. The first-order chi connectivity index (χ1) is 12.5. The van der Waals surface area contributed by atoms with E-state index < -0.39 is 0 Å². The maximum Gasteiger partial charge on any atom is 0.222 e. The minimum Gasteiger partial charge on any atom is -0.349 e. The fraction of sp³-hybridized carbons (Fsp3) is 0.333. The van der Waals surface area contributed by atoms with Gasteiger partial charge in [-0.3, -0.25) is 9.59 Å². The first-order valence-corrected chi connectivity index (χ1v) is 9.24. The van der Waals surface area contributed by atoms with Gasteiger partial charge in [-0.25, -0.2) is 0 Å². The van der Waals surface area contributed by atoms with Crippen molar-refractivity contribution < 1.29 is 9.59 Å². The Labute approximate surface area is 159 Å². The molecule has 3 rings (SSSR count). The van der Waals surface area contributed by atoms with Crippen molar-refractivity contribution in [1.29, 1.82) is 0 Å². The second-order valence-electron chi connectivity index (χ2n) is 6.69. The smallest absolute Gasteiger partial charge is 0.222 e. The molecule has 0 aliphatic carbocycles. The molecule has 4 nitrogen and oxygen atoms in total. The maximum atomic E-state index is 12.7. The van der Waals surface area contributed by atoms with Crippen molar-refractivity contribution in [3.63, 3.8) is 0 Å². The molecule has 1 aliphatic heterocycles. The van der Waals surface area contributed by atoms with Gasteiger partial charge in [0.05, 0.1) is 18.5 Å². The Morgan fingerprint density at radius 1 is 1.19 bits per heavy atom. The Hall–Kier alpha value is -2.33. The Morgan fingerprint density at radius 3 is 2.62 bits per heavy atom. The minimum absolute atomic E-state index is 0.00328. The number of carbonyl (C=O) groups excluding carboxylic acids is 2. The summed E-state index contributed by atoms with van der Waals surface area (Å²) in [6.07, 6.45) is 1.06. The monoisotopic (exact) mass is 370 g/mol. The van der Waals surface area contributed by atoms with Crippen molar-refractivity contribution in [3.05, 3.63) is 70.2 Å². The number of amides is 2. The molecule has 0 saturated carbocycles. The van der Waals surface area contributed by atoms with Gasteiger partial charge in [0.15, 0.2) is 0 Å². The molecule has 0 radical (unpaired) electrons. The lowest BCUT2D eigenvalue weighted by Gasteiger charge is -2.36. The summed E-state index contributed by atoms with van der Waals surface area (Å²) in [6, 6.07) is 15.1. The van der Waals surface area contributed by atoms with Crippen molar-refractivity contribution in [2.24, 2.45) is 0 Å². The predicted octanol–water partition coefficient (Wildman–Crippen LogP) is 4.05. The summed E-state index contributed by atoms with van der Waals surface area (Å²) in [7, 11) is 0. The molecule has 0 fully saturated rings. The van der Waals surface area contributed by atoms with Gasteiger partial charge in [0.2, 0.25) is 11.8 Å². The summed E-state index contributed by atoms with van der Waals surface area (Å²) in [5, 5.41) is 3.65. The lowest BCUT2D eigenvalue weighted by atomic mass is 9.90. The number of halogens is 1. The molecule has 0 bridgehead atoms. The normalized spacial score (nSPS) is 17.3. The molecule has 5 heteroatoms. The SMILES string of the molecule is CC(=O)N1CCc2ccccc2C1CC(=O)NC(C)c1ccccc1Cl. The Morgan fingerprint density at radius 2 is 1.88 bits per heavy atom. The van der Waals surface area contributed by atoms with Crippen LogP contribution in [0.2, 0.25) is 5.02 Å². The van der Waals surface area contributed by atoms with E-state index in [-0.39, 0.29) is 30.3 Å². The van der Waals surface area contributed by atoms with Gasteiger partial charge in [-0.15, -0.1) is 0 Å². The van der Waals surface area contributed by atoms with Gasteiger partial charge in [0, 0.05) is 18.5 Å². The van der Waals surface area contributed by atoms with E-state index in [2.05, 4.69) is 11.4 Å². The van der Waals surface area contributed by atoms with Crippen LogP contribution in [0.3, 0.4) is 0 Å². The third-order valence-electron chi connectivity index (χ3n) is 4.94. The predicted molar refractivity (Wildman–Crippen MR) is 103 cm³/mol. The van der Waals surface area contributed by atoms with Gasteiger partial charge < -0.3 is 10.2 Å². The molecule has 2 unspecified atom stereocenters. The average molecular weight is 371 g/mol. The molecule has 1 N–H and O–H groups in total. The maximum absolute atomic E-state index is 12.7. The minimum atomic E-state index is -0.226. The largest absolute Gasteiger partial charge is 0.349 e. The Bertz CT molecular complexity index is 821. The van der Waals surface area contributed by atoms with Gasteiger partial charge in [-0.2, -0.15) is 0 Å². The van der Waals surface area contributed by atoms with Crippen LogP contribution < -0.4 is 5.32 Å². The van der Waals surface area contributed by atoms with Gasteiger partial charge in [-0.05, 0) is 36.1 Å². The highest BCUT2D eigenvalue weighted by atomic mass is 35.5. The van der Waals surface area contributed by atoms with Crippen molar-refractivity contribution >= 4 is 23.4 Å². The number of nitrogens with zero attached hydrogens (tertiary/aromatic N) is 1. The van der Waals surface area contributed by atoms with Crippen molar-refractivity contribution in [2.45, 2.75) is 38.8 Å². The second kappa shape index (κ2) is 7.92. The fourth-order valence-electron chi connectivity index (χ4n) is 3.63.